The number of hydrogen-bond donors (Lipinski definition) is 2. The first-order valence-electron chi connectivity index (χ1n) is 10.9. The number of benzene rings is 2. The van der Waals surface area contributed by atoms with Crippen LogP contribution in [0.3, 0.4) is 0 Å². The first-order chi connectivity index (χ1) is 15.9. The van der Waals surface area contributed by atoms with Gasteiger partial charge in [0.1, 0.15) is 11.7 Å². The Balaban J connectivity index is 1.34. The predicted octanol–water partition coefficient (Wildman–Crippen LogP) is 1.71. The zero-order valence-electron chi connectivity index (χ0n) is 18.8. The van der Waals surface area contributed by atoms with E-state index in [2.05, 4.69) is 27.8 Å². The first kappa shape index (κ1) is 24.4. The molecule has 0 aromatic heterocycles. The molecule has 0 radical (unpaired) electrons. The third-order valence-electron chi connectivity index (χ3n) is 5.44. The van der Waals surface area contributed by atoms with E-state index in [9.17, 15) is 13.2 Å². The van der Waals surface area contributed by atoms with Crippen LogP contribution in [0.4, 0.5) is 0 Å². The van der Waals surface area contributed by atoms with E-state index in [1.165, 1.54) is 24.3 Å². The number of rotatable bonds is 11. The average molecular weight is 468 g/mol. The summed E-state index contributed by atoms with van der Waals surface area (Å²) in [7, 11) is -1.69. The number of amides is 1. The van der Waals surface area contributed by atoms with Crippen molar-refractivity contribution in [3.63, 3.8) is 0 Å². The van der Waals surface area contributed by atoms with Gasteiger partial charge in [0, 0.05) is 32.1 Å². The predicted molar refractivity (Wildman–Crippen MR) is 128 cm³/mol. The second-order valence-electron chi connectivity index (χ2n) is 7.92. The van der Waals surface area contributed by atoms with Gasteiger partial charge in [0.15, 0.2) is 9.84 Å². The van der Waals surface area contributed by atoms with Crippen LogP contribution in [0.15, 0.2) is 58.4 Å². The standard InChI is InChI=1S/C24H29N5O3S/c1-29(16-12-19-4-8-21(9-5-19)24-27-14-15-28-24)23(30)3-2-13-26-18-33(31,32)22-10-6-20(17-25)7-11-22/h4-11,26H,2-3,12-16,18H2,1H3,(H,27,28). The zero-order chi connectivity index (χ0) is 23.7. The smallest absolute Gasteiger partial charge is 0.222 e. The molecule has 8 nitrogen and oxygen atoms in total. The normalized spacial score (nSPS) is 13.2. The molecule has 3 rings (SSSR count). The highest BCUT2D eigenvalue weighted by atomic mass is 32.2. The van der Waals surface area contributed by atoms with E-state index < -0.39 is 9.84 Å². The van der Waals surface area contributed by atoms with Gasteiger partial charge in [-0.2, -0.15) is 5.26 Å². The van der Waals surface area contributed by atoms with Gasteiger partial charge in [0.05, 0.1) is 23.1 Å². The fourth-order valence-electron chi connectivity index (χ4n) is 3.42. The van der Waals surface area contributed by atoms with Gasteiger partial charge in [-0.3, -0.25) is 9.79 Å². The maximum Gasteiger partial charge on any atom is 0.222 e. The Morgan fingerprint density at radius 1 is 1.18 bits per heavy atom. The molecule has 1 aliphatic rings. The van der Waals surface area contributed by atoms with Crippen molar-refractivity contribution < 1.29 is 13.2 Å². The van der Waals surface area contributed by atoms with E-state index in [1.807, 2.05) is 18.2 Å². The quantitative estimate of drug-likeness (QED) is 0.486. The van der Waals surface area contributed by atoms with E-state index in [0.29, 0.717) is 31.5 Å². The molecule has 174 valence electrons. The number of carbonyl (C=O) groups excluding carboxylic acids is 1. The Hall–Kier alpha value is -3.22. The van der Waals surface area contributed by atoms with Crippen molar-refractivity contribution in [1.29, 1.82) is 5.26 Å². The number of hydrogen-bond acceptors (Lipinski definition) is 7. The summed E-state index contributed by atoms with van der Waals surface area (Å²) in [4.78, 5) is 18.7. The number of amidine groups is 1. The van der Waals surface area contributed by atoms with E-state index >= 15 is 0 Å². The Labute approximate surface area is 195 Å². The summed E-state index contributed by atoms with van der Waals surface area (Å²) in [5, 5.41) is 15.0. The van der Waals surface area contributed by atoms with Crippen molar-refractivity contribution in [2.45, 2.75) is 24.2 Å². The molecular formula is C24H29N5O3S. The van der Waals surface area contributed by atoms with Crippen LogP contribution in [0.25, 0.3) is 0 Å². The molecule has 0 spiro atoms. The monoisotopic (exact) mass is 467 g/mol. The minimum Gasteiger partial charge on any atom is -0.368 e. The average Bonchev–Trinajstić information content (AvgIpc) is 3.37. The molecule has 0 atom stereocenters. The number of likely N-dealkylation sites (N-methyl/N-ethyl adjacent to an activating group) is 1. The Bertz CT molecular complexity index is 1120. The van der Waals surface area contributed by atoms with Crippen LogP contribution in [0.1, 0.15) is 29.5 Å². The number of sulfone groups is 1. The molecule has 1 amide bonds. The molecule has 0 unspecified atom stereocenters. The maximum atomic E-state index is 12.4. The minimum atomic E-state index is -3.48. The third-order valence-corrected chi connectivity index (χ3v) is 7.02. The van der Waals surface area contributed by atoms with Crippen molar-refractivity contribution in [2.24, 2.45) is 4.99 Å². The van der Waals surface area contributed by atoms with Gasteiger partial charge >= 0.3 is 0 Å². The number of aliphatic imine (C=N–C) groups is 1. The molecule has 0 saturated carbocycles. The molecule has 0 fully saturated rings. The molecule has 0 saturated heterocycles. The lowest BCUT2D eigenvalue weighted by molar-refractivity contribution is -0.129. The van der Waals surface area contributed by atoms with Gasteiger partial charge in [0.2, 0.25) is 5.91 Å². The van der Waals surface area contributed by atoms with Gasteiger partial charge in [-0.05, 0) is 49.2 Å². The Morgan fingerprint density at radius 2 is 1.91 bits per heavy atom. The summed E-state index contributed by atoms with van der Waals surface area (Å²) in [6.45, 7) is 2.74. The molecule has 0 aliphatic carbocycles. The lowest BCUT2D eigenvalue weighted by atomic mass is 10.1. The highest BCUT2D eigenvalue weighted by molar-refractivity contribution is 7.91. The van der Waals surface area contributed by atoms with Gasteiger partial charge in [-0.25, -0.2) is 8.42 Å². The van der Waals surface area contributed by atoms with Gasteiger partial charge in [-0.1, -0.05) is 24.3 Å². The highest BCUT2D eigenvalue weighted by Crippen LogP contribution is 2.12. The zero-order valence-corrected chi connectivity index (χ0v) is 19.6. The molecule has 1 aliphatic heterocycles. The topological polar surface area (TPSA) is 115 Å². The second kappa shape index (κ2) is 11.6. The summed E-state index contributed by atoms with van der Waals surface area (Å²) in [5.74, 6) is 0.765. The van der Waals surface area contributed by atoms with Crippen molar-refractivity contribution in [1.82, 2.24) is 15.5 Å². The van der Waals surface area contributed by atoms with Crippen molar-refractivity contribution in [2.75, 3.05) is 39.1 Å². The number of carbonyl (C=O) groups is 1. The van der Waals surface area contributed by atoms with Crippen LogP contribution in [0.5, 0.6) is 0 Å². The molecule has 2 N–H and O–H groups in total. The summed E-state index contributed by atoms with van der Waals surface area (Å²) in [5.41, 5.74) is 2.65. The minimum absolute atomic E-state index is 0.0351. The fourth-order valence-corrected chi connectivity index (χ4v) is 4.55. The van der Waals surface area contributed by atoms with Crippen LogP contribution in [0, 0.1) is 11.3 Å². The molecule has 0 bridgehead atoms. The number of nitriles is 1. The molecule has 2 aromatic rings. The summed E-state index contributed by atoms with van der Waals surface area (Å²) in [6, 6.07) is 16.0. The first-order valence-corrected chi connectivity index (χ1v) is 12.6. The second-order valence-corrected chi connectivity index (χ2v) is 9.91. The van der Waals surface area contributed by atoms with Gasteiger partial charge < -0.3 is 15.5 Å². The molecular weight excluding hydrogens is 438 g/mol. The van der Waals surface area contributed by atoms with Crippen LogP contribution in [0.2, 0.25) is 0 Å². The van der Waals surface area contributed by atoms with Crippen LogP contribution in [-0.4, -0.2) is 64.2 Å². The van der Waals surface area contributed by atoms with Crippen LogP contribution >= 0.6 is 0 Å². The fraction of sp³-hybridized carbons (Fsp3) is 0.375. The van der Waals surface area contributed by atoms with Crippen molar-refractivity contribution in [3.8, 4) is 6.07 Å². The SMILES string of the molecule is CN(CCc1ccc(C2=NCCN2)cc1)C(=O)CCCNCS(=O)(=O)c1ccc(C#N)cc1. The van der Waals surface area contributed by atoms with Crippen molar-refractivity contribution in [3.05, 3.63) is 65.2 Å². The molecule has 9 heteroatoms. The summed E-state index contributed by atoms with van der Waals surface area (Å²) in [6.07, 6.45) is 1.67. The Kier molecular flexibility index (Phi) is 8.58. The largest absolute Gasteiger partial charge is 0.368 e. The molecule has 33 heavy (non-hydrogen) atoms. The maximum absolute atomic E-state index is 12.4. The van der Waals surface area contributed by atoms with Gasteiger partial charge in [0.25, 0.3) is 0 Å². The molecule has 1 heterocycles. The van der Waals surface area contributed by atoms with E-state index in [4.69, 9.17) is 5.26 Å². The van der Waals surface area contributed by atoms with E-state index in [0.717, 1.165) is 36.5 Å². The van der Waals surface area contributed by atoms with E-state index in [-0.39, 0.29) is 16.7 Å². The number of nitrogens with one attached hydrogen (secondary N) is 2. The van der Waals surface area contributed by atoms with Crippen LogP contribution in [-0.2, 0) is 21.1 Å². The lowest BCUT2D eigenvalue weighted by Crippen LogP contribution is -2.30. The summed E-state index contributed by atoms with van der Waals surface area (Å²) >= 11 is 0. The van der Waals surface area contributed by atoms with E-state index in [1.54, 1.807) is 11.9 Å². The molecule has 2 aromatic carbocycles. The lowest BCUT2D eigenvalue weighted by Gasteiger charge is -2.17. The van der Waals surface area contributed by atoms with Crippen molar-refractivity contribution >= 4 is 21.6 Å². The Morgan fingerprint density at radius 3 is 2.55 bits per heavy atom. The van der Waals surface area contributed by atoms with Gasteiger partial charge in [-0.15, -0.1) is 0 Å². The number of nitrogens with zero attached hydrogens (tertiary/aromatic N) is 3. The summed E-state index contributed by atoms with van der Waals surface area (Å²) < 4.78 is 24.6. The third kappa shape index (κ3) is 7.14. The van der Waals surface area contributed by atoms with Crippen LogP contribution < -0.4 is 10.6 Å². The highest BCUT2D eigenvalue weighted by Gasteiger charge is 2.14.